The van der Waals surface area contributed by atoms with Crippen LogP contribution in [0.1, 0.15) is 5.56 Å². The zero-order valence-electron chi connectivity index (χ0n) is 21.9. The highest BCUT2D eigenvalue weighted by Crippen LogP contribution is 2.38. The maximum absolute atomic E-state index is 9.55. The normalized spacial score (nSPS) is 11.5. The third-order valence-electron chi connectivity index (χ3n) is 8.02. The molecule has 0 amide bonds. The number of para-hydroxylation sites is 3. The van der Waals surface area contributed by atoms with Crippen LogP contribution in [0.4, 0.5) is 0 Å². The quantitative estimate of drug-likeness (QED) is 0.218. The Balaban J connectivity index is 1.33. The summed E-state index contributed by atoms with van der Waals surface area (Å²) in [4.78, 5) is 0. The molecule has 8 rings (SSSR count). The Bertz CT molecular complexity index is 2280. The van der Waals surface area contributed by atoms with Crippen molar-refractivity contribution in [2.24, 2.45) is 0 Å². The van der Waals surface area contributed by atoms with E-state index in [1.165, 1.54) is 21.8 Å². The van der Waals surface area contributed by atoms with Crippen molar-refractivity contribution in [1.29, 1.82) is 5.26 Å². The van der Waals surface area contributed by atoms with Gasteiger partial charge < -0.3 is 9.13 Å². The number of rotatable bonds is 3. The van der Waals surface area contributed by atoms with Crippen LogP contribution >= 0.6 is 11.6 Å². The van der Waals surface area contributed by atoms with E-state index in [1.807, 2.05) is 42.5 Å². The van der Waals surface area contributed by atoms with Gasteiger partial charge in [-0.3, -0.25) is 0 Å². The predicted octanol–water partition coefficient (Wildman–Crippen LogP) is 10.1. The molecule has 6 aromatic carbocycles. The van der Waals surface area contributed by atoms with Crippen molar-refractivity contribution in [2.75, 3.05) is 0 Å². The molecule has 0 unspecified atom stereocenters. The van der Waals surface area contributed by atoms with Gasteiger partial charge in [-0.15, -0.1) is 0 Å². The van der Waals surface area contributed by atoms with E-state index in [1.54, 1.807) is 0 Å². The number of nitriles is 1. The fourth-order valence-corrected chi connectivity index (χ4v) is 6.39. The summed E-state index contributed by atoms with van der Waals surface area (Å²) < 4.78 is 4.59. The van der Waals surface area contributed by atoms with Gasteiger partial charge in [0.1, 0.15) is 0 Å². The summed E-state index contributed by atoms with van der Waals surface area (Å²) in [6, 6.07) is 48.4. The standard InChI is InChI=1S/C37H22ClN3/c38-26-16-19-28(37(22-26)41-35-12-6-3-9-31(35)32-21-24(23-39)13-20-36(32)41)25-14-17-27(18-15-25)40-33-10-4-1-7-29(33)30-8-2-5-11-34(30)40/h1-22H. The fourth-order valence-electron chi connectivity index (χ4n) is 6.23. The molecule has 0 spiro atoms. The van der Waals surface area contributed by atoms with E-state index in [9.17, 15) is 5.26 Å². The Morgan fingerprint density at radius 2 is 1.07 bits per heavy atom. The Labute approximate surface area is 241 Å². The highest BCUT2D eigenvalue weighted by Gasteiger charge is 2.17. The monoisotopic (exact) mass is 543 g/mol. The molecule has 0 N–H and O–H groups in total. The van der Waals surface area contributed by atoms with Crippen molar-refractivity contribution < 1.29 is 0 Å². The second-order valence-corrected chi connectivity index (χ2v) is 10.7. The molecular weight excluding hydrogens is 522 g/mol. The summed E-state index contributed by atoms with van der Waals surface area (Å²) in [5, 5.41) is 14.9. The minimum Gasteiger partial charge on any atom is -0.309 e. The molecule has 0 bridgehead atoms. The van der Waals surface area contributed by atoms with Gasteiger partial charge >= 0.3 is 0 Å². The van der Waals surface area contributed by atoms with Gasteiger partial charge in [0.05, 0.1) is 39.4 Å². The van der Waals surface area contributed by atoms with Crippen LogP contribution in [-0.4, -0.2) is 9.13 Å². The molecule has 8 aromatic rings. The first-order valence-corrected chi connectivity index (χ1v) is 13.9. The Kier molecular flexibility index (Phi) is 5.25. The second-order valence-electron chi connectivity index (χ2n) is 10.3. The number of hydrogen-bond donors (Lipinski definition) is 0. The van der Waals surface area contributed by atoms with Crippen molar-refractivity contribution in [3.8, 4) is 28.6 Å². The Morgan fingerprint density at radius 1 is 0.512 bits per heavy atom. The molecule has 0 saturated heterocycles. The summed E-state index contributed by atoms with van der Waals surface area (Å²) in [6.07, 6.45) is 0. The molecule has 0 aliphatic heterocycles. The maximum Gasteiger partial charge on any atom is 0.0991 e. The largest absolute Gasteiger partial charge is 0.309 e. The molecule has 4 heteroatoms. The zero-order chi connectivity index (χ0) is 27.5. The Hall–Kier alpha value is -5.30. The van der Waals surface area contributed by atoms with Gasteiger partial charge in [-0.05, 0) is 66.2 Å². The van der Waals surface area contributed by atoms with Crippen LogP contribution in [0.25, 0.3) is 66.1 Å². The molecule has 2 heterocycles. The molecule has 0 radical (unpaired) electrons. The van der Waals surface area contributed by atoms with Crippen molar-refractivity contribution in [3.05, 3.63) is 144 Å². The van der Waals surface area contributed by atoms with E-state index in [0.717, 1.165) is 44.3 Å². The topological polar surface area (TPSA) is 33.6 Å². The first kappa shape index (κ1) is 23.6. The fraction of sp³-hybridized carbons (Fsp3) is 0. The molecule has 192 valence electrons. The van der Waals surface area contributed by atoms with Crippen LogP contribution in [0.2, 0.25) is 5.02 Å². The van der Waals surface area contributed by atoms with E-state index in [2.05, 4.69) is 106 Å². The number of nitrogens with zero attached hydrogens (tertiary/aromatic N) is 3. The van der Waals surface area contributed by atoms with E-state index >= 15 is 0 Å². The van der Waals surface area contributed by atoms with Crippen LogP contribution in [0.3, 0.4) is 0 Å². The lowest BCUT2D eigenvalue weighted by Crippen LogP contribution is -1.98. The van der Waals surface area contributed by atoms with Crippen molar-refractivity contribution >= 4 is 55.2 Å². The van der Waals surface area contributed by atoms with E-state index in [4.69, 9.17) is 11.6 Å². The minimum absolute atomic E-state index is 0.646. The van der Waals surface area contributed by atoms with Crippen molar-refractivity contribution in [1.82, 2.24) is 9.13 Å². The van der Waals surface area contributed by atoms with Gasteiger partial charge in [0, 0.05) is 37.8 Å². The van der Waals surface area contributed by atoms with E-state index < -0.39 is 0 Å². The van der Waals surface area contributed by atoms with Crippen LogP contribution in [-0.2, 0) is 0 Å². The third-order valence-corrected chi connectivity index (χ3v) is 8.25. The summed E-state index contributed by atoms with van der Waals surface area (Å²) >= 11 is 6.62. The molecule has 2 aromatic heterocycles. The summed E-state index contributed by atoms with van der Waals surface area (Å²) in [6.45, 7) is 0. The minimum atomic E-state index is 0.646. The smallest absolute Gasteiger partial charge is 0.0991 e. The van der Waals surface area contributed by atoms with Crippen LogP contribution in [0.15, 0.2) is 133 Å². The number of fused-ring (bicyclic) bond motifs is 6. The molecule has 0 saturated carbocycles. The average Bonchev–Trinajstić information content (AvgIpc) is 3.54. The summed E-state index contributed by atoms with van der Waals surface area (Å²) in [7, 11) is 0. The lowest BCUT2D eigenvalue weighted by molar-refractivity contribution is 1.17. The SMILES string of the molecule is N#Cc1ccc2c(c1)c1ccccc1n2-c1cc(Cl)ccc1-c1ccc(-n2c3ccccc3c3ccccc32)cc1. The van der Waals surface area contributed by atoms with Gasteiger partial charge in [0.2, 0.25) is 0 Å². The third kappa shape index (κ3) is 3.59. The molecular formula is C37H22ClN3. The molecule has 0 aliphatic rings. The van der Waals surface area contributed by atoms with E-state index in [0.29, 0.717) is 10.6 Å². The van der Waals surface area contributed by atoms with Crippen LogP contribution in [0, 0.1) is 11.3 Å². The average molecular weight is 544 g/mol. The van der Waals surface area contributed by atoms with Gasteiger partial charge in [-0.1, -0.05) is 84.4 Å². The second kappa shape index (κ2) is 9.13. The van der Waals surface area contributed by atoms with Gasteiger partial charge in [0.15, 0.2) is 0 Å². The molecule has 41 heavy (non-hydrogen) atoms. The van der Waals surface area contributed by atoms with Crippen LogP contribution < -0.4 is 0 Å². The highest BCUT2D eigenvalue weighted by molar-refractivity contribution is 6.31. The van der Waals surface area contributed by atoms with E-state index in [-0.39, 0.29) is 0 Å². The zero-order valence-corrected chi connectivity index (χ0v) is 22.7. The van der Waals surface area contributed by atoms with Gasteiger partial charge in [-0.2, -0.15) is 5.26 Å². The van der Waals surface area contributed by atoms with Gasteiger partial charge in [-0.25, -0.2) is 0 Å². The number of hydrogen-bond acceptors (Lipinski definition) is 1. The van der Waals surface area contributed by atoms with Crippen LogP contribution in [0.5, 0.6) is 0 Å². The first-order chi connectivity index (χ1) is 20.2. The Morgan fingerprint density at radius 3 is 1.71 bits per heavy atom. The maximum atomic E-state index is 9.55. The number of halogens is 1. The lowest BCUT2D eigenvalue weighted by Gasteiger charge is -2.15. The molecule has 0 atom stereocenters. The lowest BCUT2D eigenvalue weighted by atomic mass is 10.0. The van der Waals surface area contributed by atoms with Crippen molar-refractivity contribution in [3.63, 3.8) is 0 Å². The number of benzene rings is 6. The first-order valence-electron chi connectivity index (χ1n) is 13.5. The molecule has 0 aliphatic carbocycles. The summed E-state index contributed by atoms with van der Waals surface area (Å²) in [5.74, 6) is 0. The highest BCUT2D eigenvalue weighted by atomic mass is 35.5. The van der Waals surface area contributed by atoms with Crippen molar-refractivity contribution in [2.45, 2.75) is 0 Å². The predicted molar refractivity (Wildman–Crippen MR) is 170 cm³/mol. The molecule has 3 nitrogen and oxygen atoms in total. The van der Waals surface area contributed by atoms with Gasteiger partial charge in [0.25, 0.3) is 0 Å². The number of aromatic nitrogens is 2. The summed E-state index contributed by atoms with van der Waals surface area (Å²) in [5.41, 5.74) is 9.42. The molecule has 0 fully saturated rings.